The minimum atomic E-state index is -0.740. The van der Waals surface area contributed by atoms with Crippen LogP contribution in [0.25, 0.3) is 0 Å². The minimum Gasteiger partial charge on any atom is -0.485 e. The monoisotopic (exact) mass is 362 g/mol. The van der Waals surface area contributed by atoms with Crippen molar-refractivity contribution in [3.63, 3.8) is 0 Å². The summed E-state index contributed by atoms with van der Waals surface area (Å²) in [7, 11) is 0. The Morgan fingerprint density at radius 3 is 2.59 bits per heavy atom. The molecule has 2 N–H and O–H groups in total. The first-order valence-electron chi connectivity index (χ1n) is 8.57. The molecule has 0 fully saturated rings. The molecule has 0 radical (unpaired) electrons. The van der Waals surface area contributed by atoms with Crippen molar-refractivity contribution in [1.29, 1.82) is 0 Å². The maximum Gasteiger partial charge on any atom is 0.270 e. The predicted molar refractivity (Wildman–Crippen MR) is 101 cm³/mol. The number of aromatic nitrogens is 2. The van der Waals surface area contributed by atoms with Gasteiger partial charge in [0, 0.05) is 12.6 Å². The van der Waals surface area contributed by atoms with Crippen molar-refractivity contribution in [3.8, 4) is 11.5 Å². The summed E-state index contributed by atoms with van der Waals surface area (Å²) in [5, 5.41) is 5.95. The van der Waals surface area contributed by atoms with E-state index in [9.17, 15) is 4.79 Å². The first-order valence-corrected chi connectivity index (χ1v) is 8.57. The summed E-state index contributed by atoms with van der Waals surface area (Å²) in [6, 6.07) is 18.9. The molecular formula is C20H18N4O3. The molecule has 0 spiro atoms. The van der Waals surface area contributed by atoms with Gasteiger partial charge in [-0.3, -0.25) is 4.79 Å². The number of rotatable bonds is 5. The van der Waals surface area contributed by atoms with Crippen LogP contribution in [0.3, 0.4) is 0 Å². The van der Waals surface area contributed by atoms with Gasteiger partial charge in [0.25, 0.3) is 5.91 Å². The van der Waals surface area contributed by atoms with Crippen molar-refractivity contribution in [1.82, 2.24) is 9.97 Å². The summed E-state index contributed by atoms with van der Waals surface area (Å²) in [6.07, 6.45) is 0.659. The molecular weight excluding hydrogens is 344 g/mol. The zero-order valence-corrected chi connectivity index (χ0v) is 14.5. The van der Waals surface area contributed by atoms with Crippen LogP contribution >= 0.6 is 0 Å². The Morgan fingerprint density at radius 2 is 1.74 bits per heavy atom. The molecule has 1 aliphatic heterocycles. The lowest BCUT2D eigenvalue weighted by Gasteiger charge is -2.25. The normalized spacial score (nSPS) is 15.0. The number of fused-ring (bicyclic) bond motifs is 1. The number of hydrogen-bond acceptors (Lipinski definition) is 6. The molecule has 1 unspecified atom stereocenters. The number of hydrogen-bond donors (Lipinski definition) is 2. The van der Waals surface area contributed by atoms with E-state index in [4.69, 9.17) is 9.47 Å². The molecule has 0 bridgehead atoms. The second-order valence-electron chi connectivity index (χ2n) is 5.98. The first kappa shape index (κ1) is 16.8. The molecule has 1 aromatic heterocycles. The third kappa shape index (κ3) is 4.14. The summed E-state index contributed by atoms with van der Waals surface area (Å²) in [4.78, 5) is 20.7. The van der Waals surface area contributed by atoms with Gasteiger partial charge in [-0.2, -0.15) is 0 Å². The molecule has 2 aromatic carbocycles. The van der Waals surface area contributed by atoms with Gasteiger partial charge < -0.3 is 20.1 Å². The van der Waals surface area contributed by atoms with Crippen LogP contribution in [-0.2, 0) is 11.3 Å². The second kappa shape index (κ2) is 7.74. The third-order valence-electron chi connectivity index (χ3n) is 4.04. The molecule has 1 aliphatic rings. The van der Waals surface area contributed by atoms with Gasteiger partial charge >= 0.3 is 0 Å². The molecule has 7 nitrogen and oxygen atoms in total. The van der Waals surface area contributed by atoms with Gasteiger partial charge in [-0.05, 0) is 17.7 Å². The number of anilines is 2. The van der Waals surface area contributed by atoms with Gasteiger partial charge in [-0.15, -0.1) is 0 Å². The zero-order valence-electron chi connectivity index (χ0n) is 14.5. The average Bonchev–Trinajstić information content (AvgIpc) is 2.73. The van der Waals surface area contributed by atoms with Gasteiger partial charge in [0.2, 0.25) is 6.10 Å². The van der Waals surface area contributed by atoms with Crippen LogP contribution < -0.4 is 20.1 Å². The van der Waals surface area contributed by atoms with Crippen molar-refractivity contribution in [3.05, 3.63) is 72.6 Å². The van der Waals surface area contributed by atoms with Crippen molar-refractivity contribution in [2.75, 3.05) is 17.2 Å². The Hall–Kier alpha value is -3.61. The van der Waals surface area contributed by atoms with E-state index in [2.05, 4.69) is 20.6 Å². The van der Waals surface area contributed by atoms with Crippen LogP contribution in [0.5, 0.6) is 11.5 Å². The van der Waals surface area contributed by atoms with E-state index in [0.717, 1.165) is 5.56 Å². The zero-order chi connectivity index (χ0) is 18.5. The second-order valence-corrected chi connectivity index (χ2v) is 5.98. The minimum absolute atomic E-state index is 0.146. The molecule has 3 aromatic rings. The summed E-state index contributed by atoms with van der Waals surface area (Å²) >= 11 is 0. The van der Waals surface area contributed by atoms with Crippen LogP contribution in [0, 0.1) is 0 Å². The van der Waals surface area contributed by atoms with Crippen LogP contribution in [-0.4, -0.2) is 28.6 Å². The summed E-state index contributed by atoms with van der Waals surface area (Å²) in [5.41, 5.74) is 1.13. The molecule has 1 amide bonds. The largest absolute Gasteiger partial charge is 0.485 e. The standard InChI is InChI=1S/C20H18N4O3/c25-20(17-12-26-15-8-4-5-9-16(15)27-17)24-19-10-18(22-13-23-19)21-11-14-6-2-1-3-7-14/h1-10,13,17H,11-12H2,(H2,21,22,23,24,25). The molecule has 1 atom stereocenters. The summed E-state index contributed by atoms with van der Waals surface area (Å²) < 4.78 is 11.3. The lowest BCUT2D eigenvalue weighted by molar-refractivity contribution is -0.125. The Morgan fingerprint density at radius 1 is 1.00 bits per heavy atom. The number of nitrogens with zero attached hydrogens (tertiary/aromatic N) is 2. The lowest BCUT2D eigenvalue weighted by atomic mass is 10.2. The summed E-state index contributed by atoms with van der Waals surface area (Å²) in [6.45, 7) is 0.772. The third-order valence-corrected chi connectivity index (χ3v) is 4.04. The number of ether oxygens (including phenoxy) is 2. The number of amides is 1. The van der Waals surface area contributed by atoms with E-state index in [1.807, 2.05) is 42.5 Å². The van der Waals surface area contributed by atoms with Crippen LogP contribution in [0.2, 0.25) is 0 Å². The summed E-state index contributed by atoms with van der Waals surface area (Å²) in [5.74, 6) is 1.88. The molecule has 0 saturated carbocycles. The lowest BCUT2D eigenvalue weighted by Crippen LogP contribution is -2.40. The van der Waals surface area contributed by atoms with E-state index in [-0.39, 0.29) is 12.5 Å². The average molecular weight is 362 g/mol. The molecule has 0 saturated heterocycles. The number of carbonyl (C=O) groups is 1. The van der Waals surface area contributed by atoms with Crippen LogP contribution in [0.15, 0.2) is 67.0 Å². The number of para-hydroxylation sites is 2. The van der Waals surface area contributed by atoms with Gasteiger partial charge in [0.05, 0.1) is 0 Å². The molecule has 4 rings (SSSR count). The SMILES string of the molecule is O=C(Nc1cc(NCc2ccccc2)ncn1)C1COc2ccccc2O1. The van der Waals surface area contributed by atoms with Crippen LogP contribution in [0.1, 0.15) is 5.56 Å². The highest BCUT2D eigenvalue weighted by molar-refractivity contribution is 5.94. The molecule has 136 valence electrons. The Kier molecular flexibility index (Phi) is 4.82. The molecule has 0 aliphatic carbocycles. The smallest absolute Gasteiger partial charge is 0.270 e. The molecule has 27 heavy (non-hydrogen) atoms. The van der Waals surface area contributed by atoms with E-state index >= 15 is 0 Å². The van der Waals surface area contributed by atoms with E-state index < -0.39 is 6.10 Å². The fourth-order valence-corrected chi connectivity index (χ4v) is 2.67. The maximum atomic E-state index is 12.5. The first-order chi connectivity index (χ1) is 13.3. The van der Waals surface area contributed by atoms with Crippen molar-refractivity contribution >= 4 is 17.5 Å². The van der Waals surface area contributed by atoms with Crippen molar-refractivity contribution in [2.24, 2.45) is 0 Å². The maximum absolute atomic E-state index is 12.5. The fraction of sp³-hybridized carbons (Fsp3) is 0.150. The Balaban J connectivity index is 1.37. The van der Waals surface area contributed by atoms with Gasteiger partial charge in [0.1, 0.15) is 24.6 Å². The highest BCUT2D eigenvalue weighted by atomic mass is 16.6. The van der Waals surface area contributed by atoms with E-state index in [1.54, 1.807) is 18.2 Å². The van der Waals surface area contributed by atoms with Crippen molar-refractivity contribution < 1.29 is 14.3 Å². The van der Waals surface area contributed by atoms with E-state index in [0.29, 0.717) is 29.7 Å². The predicted octanol–water partition coefficient (Wildman–Crippen LogP) is 2.87. The number of carbonyl (C=O) groups excluding carboxylic acids is 1. The van der Waals surface area contributed by atoms with Crippen LogP contribution in [0.4, 0.5) is 11.6 Å². The highest BCUT2D eigenvalue weighted by Gasteiger charge is 2.27. The fourth-order valence-electron chi connectivity index (χ4n) is 2.67. The van der Waals surface area contributed by atoms with Gasteiger partial charge in [-0.1, -0.05) is 42.5 Å². The van der Waals surface area contributed by atoms with Crippen molar-refractivity contribution in [2.45, 2.75) is 12.6 Å². The number of benzene rings is 2. The molecule has 2 heterocycles. The van der Waals surface area contributed by atoms with Gasteiger partial charge in [0.15, 0.2) is 11.5 Å². The molecule has 7 heteroatoms. The Labute approximate surface area is 156 Å². The quantitative estimate of drug-likeness (QED) is 0.726. The number of nitrogens with one attached hydrogen (secondary N) is 2. The Bertz CT molecular complexity index is 933. The van der Waals surface area contributed by atoms with E-state index in [1.165, 1.54) is 6.33 Å². The van der Waals surface area contributed by atoms with Gasteiger partial charge in [-0.25, -0.2) is 9.97 Å². The highest BCUT2D eigenvalue weighted by Crippen LogP contribution is 2.31. The topological polar surface area (TPSA) is 85.4 Å².